The lowest BCUT2D eigenvalue weighted by molar-refractivity contribution is 0.567. The van der Waals surface area contributed by atoms with Gasteiger partial charge in [0.05, 0.1) is 4.90 Å². The predicted octanol–water partition coefficient (Wildman–Crippen LogP) is 4.89. The first-order valence-corrected chi connectivity index (χ1v) is 9.57. The minimum Gasteiger partial charge on any atom is -0.207 e. The standard InChI is InChI=1S/C18H22ClNO2S/c1-4-13(2)15-5-7-16(8-6-15)14(3)20-23(21,22)18-11-9-17(19)10-12-18/h5-14,20H,4H2,1-3H3. The number of hydrogen-bond acceptors (Lipinski definition) is 2. The molecule has 0 aliphatic rings. The molecule has 0 amide bonds. The smallest absolute Gasteiger partial charge is 0.207 e. The Balaban J connectivity index is 2.14. The third-order valence-electron chi connectivity index (χ3n) is 4.07. The minimum atomic E-state index is -3.56. The summed E-state index contributed by atoms with van der Waals surface area (Å²) in [5.41, 5.74) is 2.21. The predicted molar refractivity (Wildman–Crippen MR) is 95.3 cm³/mol. The zero-order valence-electron chi connectivity index (χ0n) is 13.6. The van der Waals surface area contributed by atoms with Crippen molar-refractivity contribution < 1.29 is 8.42 Å². The Labute approximate surface area is 143 Å². The first kappa shape index (κ1) is 18.0. The monoisotopic (exact) mass is 351 g/mol. The van der Waals surface area contributed by atoms with Gasteiger partial charge < -0.3 is 0 Å². The number of nitrogens with one attached hydrogen (secondary N) is 1. The van der Waals surface area contributed by atoms with Crippen LogP contribution in [0, 0.1) is 0 Å². The lowest BCUT2D eigenvalue weighted by Gasteiger charge is -2.16. The Hall–Kier alpha value is -1.36. The van der Waals surface area contributed by atoms with E-state index in [1.54, 1.807) is 12.1 Å². The molecule has 1 N–H and O–H groups in total. The van der Waals surface area contributed by atoms with Crippen LogP contribution in [0.4, 0.5) is 0 Å². The number of sulfonamides is 1. The van der Waals surface area contributed by atoms with Crippen molar-refractivity contribution in [2.75, 3.05) is 0 Å². The maximum Gasteiger partial charge on any atom is 0.241 e. The van der Waals surface area contributed by atoms with E-state index in [9.17, 15) is 8.42 Å². The number of halogens is 1. The molecule has 0 saturated heterocycles. The maximum absolute atomic E-state index is 12.4. The van der Waals surface area contributed by atoms with Crippen LogP contribution in [0.25, 0.3) is 0 Å². The first-order chi connectivity index (χ1) is 10.8. The third-order valence-corrected chi connectivity index (χ3v) is 5.88. The van der Waals surface area contributed by atoms with Crippen molar-refractivity contribution in [3.63, 3.8) is 0 Å². The van der Waals surface area contributed by atoms with Crippen molar-refractivity contribution in [2.24, 2.45) is 0 Å². The summed E-state index contributed by atoms with van der Waals surface area (Å²) in [6.45, 7) is 6.18. The number of hydrogen-bond donors (Lipinski definition) is 1. The molecule has 2 rings (SSSR count). The topological polar surface area (TPSA) is 46.2 Å². The fourth-order valence-corrected chi connectivity index (χ4v) is 3.69. The van der Waals surface area contributed by atoms with Crippen LogP contribution in [0.5, 0.6) is 0 Å². The average Bonchev–Trinajstić information content (AvgIpc) is 2.54. The van der Waals surface area contributed by atoms with Crippen LogP contribution < -0.4 is 4.72 Å². The highest BCUT2D eigenvalue weighted by Crippen LogP contribution is 2.22. The van der Waals surface area contributed by atoms with Gasteiger partial charge in [0.15, 0.2) is 0 Å². The Kier molecular flexibility index (Phi) is 5.84. The second kappa shape index (κ2) is 7.47. The molecule has 0 spiro atoms. The van der Waals surface area contributed by atoms with Gasteiger partial charge in [-0.05, 0) is 54.7 Å². The molecule has 2 unspecified atom stereocenters. The molecular weight excluding hydrogens is 330 g/mol. The highest BCUT2D eigenvalue weighted by atomic mass is 35.5. The third kappa shape index (κ3) is 4.56. The van der Waals surface area contributed by atoms with Crippen LogP contribution in [-0.4, -0.2) is 8.42 Å². The fourth-order valence-electron chi connectivity index (χ4n) is 2.33. The van der Waals surface area contributed by atoms with Gasteiger partial charge in [-0.1, -0.05) is 49.7 Å². The quantitative estimate of drug-likeness (QED) is 0.805. The molecule has 3 nitrogen and oxygen atoms in total. The highest BCUT2D eigenvalue weighted by Gasteiger charge is 2.18. The molecular formula is C18H22ClNO2S. The Morgan fingerprint density at radius 1 is 0.957 bits per heavy atom. The van der Waals surface area contributed by atoms with Gasteiger partial charge in [0.1, 0.15) is 0 Å². The van der Waals surface area contributed by atoms with Crippen molar-refractivity contribution >= 4 is 21.6 Å². The molecule has 0 bridgehead atoms. The largest absolute Gasteiger partial charge is 0.241 e. The van der Waals surface area contributed by atoms with Crippen molar-refractivity contribution in [3.05, 3.63) is 64.7 Å². The summed E-state index contributed by atoms with van der Waals surface area (Å²) < 4.78 is 27.5. The second-order valence-electron chi connectivity index (χ2n) is 5.77. The second-order valence-corrected chi connectivity index (χ2v) is 7.92. The van der Waals surface area contributed by atoms with E-state index in [1.807, 2.05) is 19.1 Å². The maximum atomic E-state index is 12.4. The van der Waals surface area contributed by atoms with E-state index < -0.39 is 10.0 Å². The zero-order chi connectivity index (χ0) is 17.0. The Morgan fingerprint density at radius 2 is 1.48 bits per heavy atom. The number of benzene rings is 2. The molecule has 2 aromatic rings. The molecule has 0 radical (unpaired) electrons. The van der Waals surface area contributed by atoms with E-state index in [4.69, 9.17) is 11.6 Å². The average molecular weight is 352 g/mol. The molecule has 0 aliphatic heterocycles. The molecule has 0 aliphatic carbocycles. The van der Waals surface area contributed by atoms with E-state index in [0.717, 1.165) is 12.0 Å². The van der Waals surface area contributed by atoms with Crippen LogP contribution in [0.15, 0.2) is 53.4 Å². The Bertz CT molecular complexity index is 740. The van der Waals surface area contributed by atoms with E-state index in [-0.39, 0.29) is 10.9 Å². The Morgan fingerprint density at radius 3 is 2.00 bits per heavy atom. The van der Waals surface area contributed by atoms with Crippen molar-refractivity contribution in [1.29, 1.82) is 0 Å². The molecule has 124 valence electrons. The summed E-state index contributed by atoms with van der Waals surface area (Å²) >= 11 is 5.80. The van der Waals surface area contributed by atoms with E-state index in [1.165, 1.54) is 17.7 Å². The van der Waals surface area contributed by atoms with Crippen LogP contribution in [0.2, 0.25) is 5.02 Å². The summed E-state index contributed by atoms with van der Waals surface area (Å²) in [6.07, 6.45) is 1.08. The van der Waals surface area contributed by atoms with Gasteiger partial charge in [-0.15, -0.1) is 0 Å². The van der Waals surface area contributed by atoms with Crippen molar-refractivity contribution in [1.82, 2.24) is 4.72 Å². The van der Waals surface area contributed by atoms with Crippen LogP contribution in [-0.2, 0) is 10.0 Å². The SMILES string of the molecule is CCC(C)c1ccc(C(C)NS(=O)(=O)c2ccc(Cl)cc2)cc1. The molecule has 5 heteroatoms. The van der Waals surface area contributed by atoms with Crippen LogP contribution in [0.1, 0.15) is 50.3 Å². The van der Waals surface area contributed by atoms with Crippen molar-refractivity contribution in [2.45, 2.75) is 44.0 Å². The minimum absolute atomic E-state index is 0.213. The molecule has 0 aromatic heterocycles. The van der Waals surface area contributed by atoms with E-state index in [2.05, 4.69) is 30.7 Å². The van der Waals surface area contributed by atoms with Crippen LogP contribution >= 0.6 is 11.6 Å². The van der Waals surface area contributed by atoms with Crippen LogP contribution in [0.3, 0.4) is 0 Å². The number of rotatable bonds is 6. The summed E-state index contributed by atoms with van der Waals surface area (Å²) in [4.78, 5) is 0.213. The van der Waals surface area contributed by atoms with Gasteiger partial charge in [0.2, 0.25) is 10.0 Å². The first-order valence-electron chi connectivity index (χ1n) is 7.71. The van der Waals surface area contributed by atoms with Gasteiger partial charge in [-0.3, -0.25) is 0 Å². The summed E-state index contributed by atoms with van der Waals surface area (Å²) in [5, 5.41) is 0.512. The molecule has 0 heterocycles. The molecule has 0 saturated carbocycles. The summed E-state index contributed by atoms with van der Waals surface area (Å²) in [7, 11) is -3.56. The fraction of sp³-hybridized carbons (Fsp3) is 0.333. The molecule has 0 fully saturated rings. The zero-order valence-corrected chi connectivity index (χ0v) is 15.2. The molecule has 2 atom stereocenters. The van der Waals surface area contributed by atoms with Gasteiger partial charge in [0.25, 0.3) is 0 Å². The van der Waals surface area contributed by atoms with Gasteiger partial charge in [-0.25, -0.2) is 13.1 Å². The van der Waals surface area contributed by atoms with E-state index in [0.29, 0.717) is 10.9 Å². The summed E-state index contributed by atoms with van der Waals surface area (Å²) in [5.74, 6) is 0.505. The lowest BCUT2D eigenvalue weighted by Crippen LogP contribution is -2.26. The van der Waals surface area contributed by atoms with Crippen molar-refractivity contribution in [3.8, 4) is 0 Å². The normalized spacial score (nSPS) is 14.4. The van der Waals surface area contributed by atoms with E-state index >= 15 is 0 Å². The molecule has 2 aromatic carbocycles. The highest BCUT2D eigenvalue weighted by molar-refractivity contribution is 7.89. The van der Waals surface area contributed by atoms with Gasteiger partial charge in [-0.2, -0.15) is 0 Å². The van der Waals surface area contributed by atoms with Gasteiger partial charge >= 0.3 is 0 Å². The lowest BCUT2D eigenvalue weighted by atomic mass is 9.96. The molecule has 23 heavy (non-hydrogen) atoms. The summed E-state index contributed by atoms with van der Waals surface area (Å²) in [6, 6.07) is 13.9. The van der Waals surface area contributed by atoms with Gasteiger partial charge in [0, 0.05) is 11.1 Å².